The molecule has 0 aliphatic carbocycles. The maximum absolute atomic E-state index is 10.8. The zero-order valence-corrected chi connectivity index (χ0v) is 10.0. The fourth-order valence-corrected chi connectivity index (χ4v) is 1.48. The highest BCUT2D eigenvalue weighted by molar-refractivity contribution is 6.30. The first-order valence-corrected chi connectivity index (χ1v) is 5.32. The second kappa shape index (κ2) is 5.12. The van der Waals surface area contributed by atoms with Crippen LogP contribution in [0.25, 0.3) is 0 Å². The van der Waals surface area contributed by atoms with Gasteiger partial charge in [-0.1, -0.05) is 37.6 Å². The molecule has 0 saturated heterocycles. The van der Waals surface area contributed by atoms with Gasteiger partial charge in [0.1, 0.15) is 0 Å². The van der Waals surface area contributed by atoms with E-state index in [-0.39, 0.29) is 11.7 Å². The Morgan fingerprint density at radius 2 is 1.94 bits per heavy atom. The Morgan fingerprint density at radius 3 is 2.44 bits per heavy atom. The van der Waals surface area contributed by atoms with Gasteiger partial charge in [-0.2, -0.15) is 0 Å². The van der Waals surface area contributed by atoms with Crippen LogP contribution in [0, 0.1) is 0 Å². The molecule has 0 saturated carbocycles. The van der Waals surface area contributed by atoms with Gasteiger partial charge in [-0.25, -0.2) is 0 Å². The maximum atomic E-state index is 10.8. The van der Waals surface area contributed by atoms with Gasteiger partial charge in [0.25, 0.3) is 5.91 Å². The average molecular weight is 240 g/mol. The first kappa shape index (κ1) is 12.7. The highest BCUT2D eigenvalue weighted by Gasteiger charge is 2.20. The van der Waals surface area contributed by atoms with Crippen molar-refractivity contribution in [1.29, 1.82) is 0 Å². The number of carbonyl (C=O) groups excluding carboxylic acids is 2. The molecule has 0 heterocycles. The molecule has 0 bridgehead atoms. The van der Waals surface area contributed by atoms with E-state index in [1.165, 1.54) is 0 Å². The molecule has 0 aromatic heterocycles. The number of benzene rings is 1. The minimum atomic E-state index is -0.595. The van der Waals surface area contributed by atoms with Gasteiger partial charge in [0.15, 0.2) is 0 Å². The molecule has 0 aliphatic rings. The first-order valence-electron chi connectivity index (χ1n) is 4.95. The second-order valence-corrected chi connectivity index (χ2v) is 4.66. The summed E-state index contributed by atoms with van der Waals surface area (Å²) in [7, 11) is 0. The van der Waals surface area contributed by atoms with Gasteiger partial charge < -0.3 is 5.32 Å². The Balaban J connectivity index is 2.73. The molecule has 4 heteroatoms. The molecule has 0 atom stereocenters. The zero-order valence-electron chi connectivity index (χ0n) is 9.29. The van der Waals surface area contributed by atoms with E-state index in [2.05, 4.69) is 5.32 Å². The summed E-state index contributed by atoms with van der Waals surface area (Å²) in [5, 5.41) is 3.22. The normalized spacial score (nSPS) is 10.9. The Morgan fingerprint density at radius 1 is 1.38 bits per heavy atom. The van der Waals surface area contributed by atoms with Gasteiger partial charge in [-0.15, -0.1) is 0 Å². The topological polar surface area (TPSA) is 46.2 Å². The predicted octanol–water partition coefficient (Wildman–Crippen LogP) is 1.93. The van der Waals surface area contributed by atoms with Crippen LogP contribution in [0.15, 0.2) is 24.3 Å². The van der Waals surface area contributed by atoms with Crippen molar-refractivity contribution in [2.75, 3.05) is 6.54 Å². The van der Waals surface area contributed by atoms with Crippen LogP contribution in [0.2, 0.25) is 5.02 Å². The van der Waals surface area contributed by atoms with Crippen LogP contribution in [0.5, 0.6) is 0 Å². The van der Waals surface area contributed by atoms with E-state index in [9.17, 15) is 9.59 Å². The number of aldehydes is 1. The maximum Gasteiger partial charge on any atom is 0.284 e. The summed E-state index contributed by atoms with van der Waals surface area (Å²) < 4.78 is 0. The molecular weight excluding hydrogens is 226 g/mol. The predicted molar refractivity (Wildman–Crippen MR) is 63.6 cm³/mol. The van der Waals surface area contributed by atoms with Crippen LogP contribution in [-0.2, 0) is 15.0 Å². The molecule has 1 amide bonds. The molecule has 1 aromatic carbocycles. The molecule has 16 heavy (non-hydrogen) atoms. The average Bonchev–Trinajstić information content (AvgIpc) is 2.26. The number of hydrogen-bond donors (Lipinski definition) is 1. The molecule has 0 unspecified atom stereocenters. The minimum absolute atomic E-state index is 0.233. The van der Waals surface area contributed by atoms with Gasteiger partial charge in [-0.05, 0) is 17.7 Å². The van der Waals surface area contributed by atoms with Crippen molar-refractivity contribution in [3.8, 4) is 0 Å². The summed E-state index contributed by atoms with van der Waals surface area (Å²) in [4.78, 5) is 21.0. The monoisotopic (exact) mass is 239 g/mol. The molecule has 86 valence electrons. The van der Waals surface area contributed by atoms with E-state index >= 15 is 0 Å². The number of amides is 1. The lowest BCUT2D eigenvalue weighted by atomic mass is 9.84. The van der Waals surface area contributed by atoms with E-state index in [1.54, 1.807) is 12.1 Å². The van der Waals surface area contributed by atoms with Crippen LogP contribution >= 0.6 is 11.6 Å². The van der Waals surface area contributed by atoms with Crippen LogP contribution in [-0.4, -0.2) is 18.7 Å². The Labute approximate surface area is 99.8 Å². The number of hydrogen-bond acceptors (Lipinski definition) is 2. The van der Waals surface area contributed by atoms with Crippen molar-refractivity contribution in [1.82, 2.24) is 5.32 Å². The van der Waals surface area contributed by atoms with Crippen molar-refractivity contribution in [3.05, 3.63) is 34.9 Å². The smallest absolute Gasteiger partial charge is 0.284 e. The van der Waals surface area contributed by atoms with Crippen molar-refractivity contribution in [3.63, 3.8) is 0 Å². The standard InChI is InChI=1S/C12H14ClNO2/c1-12(2,8-14-11(16)7-15)9-3-5-10(13)6-4-9/h3-7H,8H2,1-2H3,(H,14,16). The lowest BCUT2D eigenvalue weighted by Crippen LogP contribution is -2.37. The van der Waals surface area contributed by atoms with E-state index in [4.69, 9.17) is 11.6 Å². The molecule has 1 N–H and O–H groups in total. The van der Waals surface area contributed by atoms with Gasteiger partial charge in [-0.3, -0.25) is 9.59 Å². The van der Waals surface area contributed by atoms with Crippen molar-refractivity contribution >= 4 is 23.8 Å². The number of nitrogens with one attached hydrogen (secondary N) is 1. The Kier molecular flexibility index (Phi) is 4.07. The van der Waals surface area contributed by atoms with Crippen LogP contribution in [0.4, 0.5) is 0 Å². The third-order valence-electron chi connectivity index (χ3n) is 2.44. The molecular formula is C12H14ClNO2. The van der Waals surface area contributed by atoms with Crippen LogP contribution in [0.1, 0.15) is 19.4 Å². The summed E-state index contributed by atoms with van der Waals surface area (Å²) in [6.45, 7) is 4.38. The quantitative estimate of drug-likeness (QED) is 0.645. The van der Waals surface area contributed by atoms with E-state index in [0.717, 1.165) is 5.56 Å². The number of carbonyl (C=O) groups is 2. The van der Waals surface area contributed by atoms with Crippen molar-refractivity contribution < 1.29 is 9.59 Å². The summed E-state index contributed by atoms with van der Waals surface area (Å²) in [6, 6.07) is 7.44. The molecule has 0 spiro atoms. The third kappa shape index (κ3) is 3.35. The Hall–Kier alpha value is -1.35. The van der Waals surface area contributed by atoms with Crippen molar-refractivity contribution in [2.45, 2.75) is 19.3 Å². The molecule has 0 radical (unpaired) electrons. The fourth-order valence-electron chi connectivity index (χ4n) is 1.35. The Bertz CT molecular complexity index is 385. The number of halogens is 1. The SMILES string of the molecule is CC(C)(CNC(=O)C=O)c1ccc(Cl)cc1. The largest absolute Gasteiger partial charge is 0.349 e. The second-order valence-electron chi connectivity index (χ2n) is 4.23. The third-order valence-corrected chi connectivity index (χ3v) is 2.69. The summed E-state index contributed by atoms with van der Waals surface area (Å²) >= 11 is 5.80. The lowest BCUT2D eigenvalue weighted by molar-refractivity contribution is -0.131. The molecule has 3 nitrogen and oxygen atoms in total. The van der Waals surface area contributed by atoms with Gasteiger partial charge in [0, 0.05) is 17.0 Å². The highest BCUT2D eigenvalue weighted by Crippen LogP contribution is 2.23. The van der Waals surface area contributed by atoms with Gasteiger partial charge in [0.05, 0.1) is 0 Å². The molecule has 1 aromatic rings. The van der Waals surface area contributed by atoms with Crippen molar-refractivity contribution in [2.24, 2.45) is 0 Å². The highest BCUT2D eigenvalue weighted by atomic mass is 35.5. The fraction of sp³-hybridized carbons (Fsp3) is 0.333. The van der Waals surface area contributed by atoms with E-state index in [1.807, 2.05) is 26.0 Å². The van der Waals surface area contributed by atoms with Crippen LogP contribution in [0.3, 0.4) is 0 Å². The van der Waals surface area contributed by atoms with E-state index in [0.29, 0.717) is 11.6 Å². The molecule has 1 rings (SSSR count). The summed E-state index contributed by atoms with van der Waals surface area (Å²) in [5.74, 6) is -0.595. The first-order chi connectivity index (χ1) is 7.45. The van der Waals surface area contributed by atoms with Gasteiger partial charge >= 0.3 is 0 Å². The minimum Gasteiger partial charge on any atom is -0.349 e. The molecule has 0 fully saturated rings. The zero-order chi connectivity index (χ0) is 12.2. The summed E-state index contributed by atoms with van der Waals surface area (Å²) in [6.07, 6.45) is 0.276. The van der Waals surface area contributed by atoms with Crippen LogP contribution < -0.4 is 5.32 Å². The molecule has 0 aliphatic heterocycles. The number of rotatable bonds is 4. The van der Waals surface area contributed by atoms with E-state index < -0.39 is 5.91 Å². The summed E-state index contributed by atoms with van der Waals surface area (Å²) in [5.41, 5.74) is 0.826. The lowest BCUT2D eigenvalue weighted by Gasteiger charge is -2.25. The van der Waals surface area contributed by atoms with Gasteiger partial charge in [0.2, 0.25) is 6.29 Å².